The summed E-state index contributed by atoms with van der Waals surface area (Å²) in [7, 11) is 0. The Balaban J connectivity index is 2.12. The van der Waals surface area contributed by atoms with Crippen molar-refractivity contribution in [1.29, 1.82) is 0 Å². The van der Waals surface area contributed by atoms with Gasteiger partial charge >= 0.3 is 0 Å². The highest BCUT2D eigenvalue weighted by Gasteiger charge is 2.23. The maximum Gasteiger partial charge on any atom is 0.261 e. The molecule has 2 aromatic carbocycles. The molecule has 1 amide bonds. The Morgan fingerprint density at radius 2 is 1.77 bits per heavy atom. The van der Waals surface area contributed by atoms with E-state index < -0.39 is 6.10 Å². The van der Waals surface area contributed by atoms with Crippen LogP contribution in [-0.2, 0) is 4.79 Å². The Morgan fingerprint density at radius 3 is 2.35 bits per heavy atom. The van der Waals surface area contributed by atoms with Gasteiger partial charge in [-0.1, -0.05) is 68.8 Å². The summed E-state index contributed by atoms with van der Waals surface area (Å²) >= 11 is 0. The molecule has 0 saturated heterocycles. The van der Waals surface area contributed by atoms with Crippen LogP contribution in [0.5, 0.6) is 5.75 Å². The maximum absolute atomic E-state index is 12.9. The molecule has 2 rings (SSSR count). The summed E-state index contributed by atoms with van der Waals surface area (Å²) in [5, 5.41) is 3.20. The lowest BCUT2D eigenvalue weighted by Gasteiger charge is -2.25. The van der Waals surface area contributed by atoms with Crippen LogP contribution in [0.15, 0.2) is 48.5 Å². The number of ether oxygens (including phenoxy) is 1. The first-order chi connectivity index (χ1) is 12.4. The average Bonchev–Trinajstić information content (AvgIpc) is 2.61. The predicted octanol–water partition coefficient (Wildman–Crippen LogP) is 5.36. The fourth-order valence-corrected chi connectivity index (χ4v) is 3.11. The second kappa shape index (κ2) is 9.42. The van der Waals surface area contributed by atoms with Crippen LogP contribution in [0.1, 0.15) is 56.3 Å². The van der Waals surface area contributed by atoms with Crippen molar-refractivity contribution < 1.29 is 9.53 Å². The van der Waals surface area contributed by atoms with Gasteiger partial charge in [-0.2, -0.15) is 0 Å². The first kappa shape index (κ1) is 20.0. The minimum atomic E-state index is -0.491. The molecule has 0 aromatic heterocycles. The van der Waals surface area contributed by atoms with Crippen LogP contribution in [0.3, 0.4) is 0 Å². The number of aryl methyl sites for hydroxylation is 2. The molecule has 0 aliphatic rings. The highest BCUT2D eigenvalue weighted by molar-refractivity contribution is 5.81. The van der Waals surface area contributed by atoms with Crippen molar-refractivity contribution in [3.8, 4) is 5.75 Å². The number of carbonyl (C=O) groups is 1. The van der Waals surface area contributed by atoms with E-state index in [9.17, 15) is 4.79 Å². The van der Waals surface area contributed by atoms with Crippen LogP contribution < -0.4 is 10.1 Å². The number of hydrogen-bond acceptors (Lipinski definition) is 2. The van der Waals surface area contributed by atoms with E-state index in [1.165, 1.54) is 5.56 Å². The van der Waals surface area contributed by atoms with Crippen LogP contribution in [0.2, 0.25) is 0 Å². The summed E-state index contributed by atoms with van der Waals surface area (Å²) in [6, 6.07) is 16.2. The number of rotatable bonds is 8. The Hall–Kier alpha value is -2.29. The van der Waals surface area contributed by atoms with Crippen molar-refractivity contribution >= 4 is 5.91 Å². The Morgan fingerprint density at radius 1 is 1.08 bits per heavy atom. The summed E-state index contributed by atoms with van der Waals surface area (Å²) in [6.07, 6.45) is 1.03. The highest BCUT2D eigenvalue weighted by Crippen LogP contribution is 2.23. The third-order valence-corrected chi connectivity index (χ3v) is 4.49. The largest absolute Gasteiger partial charge is 0.480 e. The van der Waals surface area contributed by atoms with Crippen LogP contribution in [0, 0.1) is 19.8 Å². The summed E-state index contributed by atoms with van der Waals surface area (Å²) in [4.78, 5) is 12.9. The van der Waals surface area contributed by atoms with E-state index in [1.807, 2.05) is 44.2 Å². The molecular weight excluding hydrogens is 322 g/mol. The van der Waals surface area contributed by atoms with Crippen LogP contribution in [-0.4, -0.2) is 12.0 Å². The zero-order chi connectivity index (χ0) is 19.1. The monoisotopic (exact) mass is 353 g/mol. The first-order valence-electron chi connectivity index (χ1n) is 9.50. The Kier molecular flexibility index (Phi) is 7.26. The SMILES string of the molecule is CC[C@@H](Oc1ccc(C)cc1C)C(=O)N[C@@H](CC(C)C)c1ccccc1. The van der Waals surface area contributed by atoms with E-state index in [2.05, 4.69) is 44.3 Å². The fraction of sp³-hybridized carbons (Fsp3) is 0.435. The molecule has 3 nitrogen and oxygen atoms in total. The molecular formula is C23H31NO2. The van der Waals surface area contributed by atoms with Crippen molar-refractivity contribution in [2.75, 3.05) is 0 Å². The molecule has 0 saturated carbocycles. The lowest BCUT2D eigenvalue weighted by atomic mass is 9.96. The van der Waals surface area contributed by atoms with Gasteiger partial charge in [0.1, 0.15) is 5.75 Å². The summed E-state index contributed by atoms with van der Waals surface area (Å²) in [5.41, 5.74) is 3.38. The highest BCUT2D eigenvalue weighted by atomic mass is 16.5. The Bertz CT molecular complexity index is 709. The minimum Gasteiger partial charge on any atom is -0.480 e. The lowest BCUT2D eigenvalue weighted by molar-refractivity contribution is -0.129. The molecule has 2 aromatic rings. The van der Waals surface area contributed by atoms with Crippen LogP contribution in [0.4, 0.5) is 0 Å². The number of hydrogen-bond donors (Lipinski definition) is 1. The van der Waals surface area contributed by atoms with Gasteiger partial charge in [0, 0.05) is 0 Å². The fourth-order valence-electron chi connectivity index (χ4n) is 3.11. The molecule has 0 fully saturated rings. The summed E-state index contributed by atoms with van der Waals surface area (Å²) < 4.78 is 6.04. The molecule has 140 valence electrons. The van der Waals surface area contributed by atoms with Crippen LogP contribution >= 0.6 is 0 Å². The quantitative estimate of drug-likeness (QED) is 0.693. The molecule has 0 aliphatic heterocycles. The van der Waals surface area contributed by atoms with Gasteiger partial charge in [-0.3, -0.25) is 4.79 Å². The van der Waals surface area contributed by atoms with Crippen molar-refractivity contribution in [2.45, 2.75) is 59.6 Å². The zero-order valence-electron chi connectivity index (χ0n) is 16.6. The molecule has 0 unspecified atom stereocenters. The Labute approximate surface area is 157 Å². The van der Waals surface area contributed by atoms with Crippen molar-refractivity contribution in [3.05, 3.63) is 65.2 Å². The van der Waals surface area contributed by atoms with Gasteiger partial charge in [-0.25, -0.2) is 0 Å². The molecule has 2 atom stereocenters. The van der Waals surface area contributed by atoms with Crippen molar-refractivity contribution in [2.24, 2.45) is 5.92 Å². The molecule has 3 heteroatoms. The number of nitrogens with one attached hydrogen (secondary N) is 1. The smallest absolute Gasteiger partial charge is 0.261 e. The van der Waals surface area contributed by atoms with Crippen molar-refractivity contribution in [3.63, 3.8) is 0 Å². The van der Waals surface area contributed by atoms with Crippen molar-refractivity contribution in [1.82, 2.24) is 5.32 Å². The van der Waals surface area contributed by atoms with Gasteiger partial charge in [0.2, 0.25) is 0 Å². The van der Waals surface area contributed by atoms with E-state index in [0.717, 1.165) is 23.3 Å². The topological polar surface area (TPSA) is 38.3 Å². The van der Waals surface area contributed by atoms with Gasteiger partial charge in [0.25, 0.3) is 5.91 Å². The average molecular weight is 354 g/mol. The lowest BCUT2D eigenvalue weighted by Crippen LogP contribution is -2.40. The predicted molar refractivity (Wildman–Crippen MR) is 107 cm³/mol. The molecule has 0 heterocycles. The number of benzene rings is 2. The second-order valence-electron chi connectivity index (χ2n) is 7.39. The van der Waals surface area contributed by atoms with Gasteiger partial charge in [0.15, 0.2) is 6.10 Å². The zero-order valence-corrected chi connectivity index (χ0v) is 16.6. The van der Waals surface area contributed by atoms with Crippen LogP contribution in [0.25, 0.3) is 0 Å². The van der Waals surface area contributed by atoms with Gasteiger partial charge in [-0.05, 0) is 49.8 Å². The normalized spacial score (nSPS) is 13.3. The number of amides is 1. The molecule has 1 N–H and O–H groups in total. The summed E-state index contributed by atoms with van der Waals surface area (Å²) in [5.74, 6) is 1.21. The minimum absolute atomic E-state index is 0.000430. The van der Waals surface area contributed by atoms with E-state index in [4.69, 9.17) is 4.74 Å². The standard InChI is InChI=1S/C23H31NO2/c1-6-21(26-22-13-12-17(4)15-18(22)5)23(25)24-20(14-16(2)3)19-10-8-7-9-11-19/h7-13,15-16,20-21H,6,14H2,1-5H3,(H,24,25)/t20-,21+/m0/s1. The van der Waals surface area contributed by atoms with Gasteiger partial charge in [0.05, 0.1) is 6.04 Å². The van der Waals surface area contributed by atoms with E-state index in [0.29, 0.717) is 12.3 Å². The van der Waals surface area contributed by atoms with Gasteiger partial charge in [-0.15, -0.1) is 0 Å². The number of carbonyl (C=O) groups excluding carboxylic acids is 1. The van der Waals surface area contributed by atoms with Gasteiger partial charge < -0.3 is 10.1 Å². The molecule has 0 radical (unpaired) electrons. The first-order valence-corrected chi connectivity index (χ1v) is 9.50. The molecule has 0 spiro atoms. The van der Waals surface area contributed by atoms with E-state index >= 15 is 0 Å². The third kappa shape index (κ3) is 5.62. The third-order valence-electron chi connectivity index (χ3n) is 4.49. The maximum atomic E-state index is 12.9. The molecule has 0 aliphatic carbocycles. The second-order valence-corrected chi connectivity index (χ2v) is 7.39. The summed E-state index contributed by atoms with van der Waals surface area (Å²) in [6.45, 7) is 10.4. The molecule has 26 heavy (non-hydrogen) atoms. The van der Waals surface area contributed by atoms with E-state index in [-0.39, 0.29) is 11.9 Å². The van der Waals surface area contributed by atoms with E-state index in [1.54, 1.807) is 0 Å². The molecule has 0 bridgehead atoms.